The van der Waals surface area contributed by atoms with Crippen molar-refractivity contribution in [3.8, 4) is 0 Å². The Balaban J connectivity index is 1.90. The zero-order valence-corrected chi connectivity index (χ0v) is 8.44. The van der Waals surface area contributed by atoms with E-state index in [0.717, 1.165) is 11.5 Å². The van der Waals surface area contributed by atoms with E-state index in [1.165, 1.54) is 12.8 Å². The molecule has 0 aromatic carbocycles. The van der Waals surface area contributed by atoms with Gasteiger partial charge in [-0.3, -0.25) is 4.79 Å². The molecule has 1 saturated carbocycles. The van der Waals surface area contributed by atoms with Crippen molar-refractivity contribution in [1.29, 1.82) is 0 Å². The molecule has 2 rings (SSSR count). The Hall–Kier alpha value is -1.58. The fraction of sp³-hybridized carbons (Fsp3) is 0.455. The van der Waals surface area contributed by atoms with Crippen molar-refractivity contribution in [3.63, 3.8) is 0 Å². The first-order chi connectivity index (χ1) is 7.25. The SMILES string of the molecule is O=C(O)CCNc1cccc(C2CC2)n1. The minimum Gasteiger partial charge on any atom is -0.481 e. The Bertz CT molecular complexity index is 361. The summed E-state index contributed by atoms with van der Waals surface area (Å²) in [5.41, 5.74) is 1.12. The standard InChI is InChI=1S/C11H14N2O2/c14-11(15)6-7-12-10-3-1-2-9(13-10)8-4-5-8/h1-3,8H,4-7H2,(H,12,13)(H,14,15). The highest BCUT2D eigenvalue weighted by atomic mass is 16.4. The van der Waals surface area contributed by atoms with Gasteiger partial charge in [0.25, 0.3) is 0 Å². The lowest BCUT2D eigenvalue weighted by Crippen LogP contribution is -2.08. The summed E-state index contributed by atoms with van der Waals surface area (Å²) < 4.78 is 0. The summed E-state index contributed by atoms with van der Waals surface area (Å²) in [5, 5.41) is 11.5. The molecule has 0 saturated heterocycles. The number of nitrogens with one attached hydrogen (secondary N) is 1. The number of pyridine rings is 1. The topological polar surface area (TPSA) is 62.2 Å². The van der Waals surface area contributed by atoms with Crippen molar-refractivity contribution in [2.75, 3.05) is 11.9 Å². The number of carbonyl (C=O) groups is 1. The normalized spacial score (nSPS) is 14.9. The first-order valence-electron chi connectivity index (χ1n) is 5.18. The van der Waals surface area contributed by atoms with Crippen molar-refractivity contribution in [2.45, 2.75) is 25.2 Å². The van der Waals surface area contributed by atoms with E-state index >= 15 is 0 Å². The second-order valence-corrected chi connectivity index (χ2v) is 3.79. The van der Waals surface area contributed by atoms with Crippen LogP contribution in [0.15, 0.2) is 18.2 Å². The van der Waals surface area contributed by atoms with E-state index in [4.69, 9.17) is 5.11 Å². The van der Waals surface area contributed by atoms with Crippen LogP contribution in [0.1, 0.15) is 30.9 Å². The van der Waals surface area contributed by atoms with Crippen molar-refractivity contribution in [2.24, 2.45) is 0 Å². The van der Waals surface area contributed by atoms with Crippen LogP contribution in [0.2, 0.25) is 0 Å². The van der Waals surface area contributed by atoms with Gasteiger partial charge in [0.2, 0.25) is 0 Å². The smallest absolute Gasteiger partial charge is 0.305 e. The largest absolute Gasteiger partial charge is 0.481 e. The lowest BCUT2D eigenvalue weighted by molar-refractivity contribution is -0.136. The van der Waals surface area contributed by atoms with E-state index in [1.807, 2.05) is 18.2 Å². The summed E-state index contributed by atoms with van der Waals surface area (Å²) in [7, 11) is 0. The number of rotatable bonds is 5. The highest BCUT2D eigenvalue weighted by molar-refractivity contribution is 5.67. The molecule has 1 aromatic rings. The van der Waals surface area contributed by atoms with Crippen LogP contribution in [0.4, 0.5) is 5.82 Å². The van der Waals surface area contributed by atoms with Gasteiger partial charge in [-0.05, 0) is 25.0 Å². The van der Waals surface area contributed by atoms with Crippen LogP contribution in [0.3, 0.4) is 0 Å². The van der Waals surface area contributed by atoms with Crippen LogP contribution in [-0.2, 0) is 4.79 Å². The van der Waals surface area contributed by atoms with Crippen LogP contribution < -0.4 is 5.32 Å². The first-order valence-corrected chi connectivity index (χ1v) is 5.18. The van der Waals surface area contributed by atoms with Gasteiger partial charge >= 0.3 is 5.97 Å². The molecule has 1 aliphatic rings. The predicted molar refractivity (Wildman–Crippen MR) is 57.0 cm³/mol. The van der Waals surface area contributed by atoms with Crippen LogP contribution in [0, 0.1) is 0 Å². The van der Waals surface area contributed by atoms with Crippen LogP contribution >= 0.6 is 0 Å². The fourth-order valence-electron chi connectivity index (χ4n) is 1.45. The average Bonchev–Trinajstić information content (AvgIpc) is 3.01. The van der Waals surface area contributed by atoms with Gasteiger partial charge in [-0.15, -0.1) is 0 Å². The Morgan fingerprint density at radius 2 is 2.33 bits per heavy atom. The third kappa shape index (κ3) is 2.94. The summed E-state index contributed by atoms with van der Waals surface area (Å²) >= 11 is 0. The number of aromatic nitrogens is 1. The van der Waals surface area contributed by atoms with E-state index < -0.39 is 5.97 Å². The molecule has 80 valence electrons. The number of anilines is 1. The molecule has 0 radical (unpaired) electrons. The number of hydrogen-bond donors (Lipinski definition) is 2. The van der Waals surface area contributed by atoms with Crippen molar-refractivity contribution in [3.05, 3.63) is 23.9 Å². The third-order valence-electron chi connectivity index (χ3n) is 2.41. The zero-order chi connectivity index (χ0) is 10.7. The average molecular weight is 206 g/mol. The highest BCUT2D eigenvalue weighted by Crippen LogP contribution is 2.39. The first kappa shape index (κ1) is 9.96. The number of nitrogens with zero attached hydrogens (tertiary/aromatic N) is 1. The second-order valence-electron chi connectivity index (χ2n) is 3.79. The van der Waals surface area contributed by atoms with E-state index in [-0.39, 0.29) is 6.42 Å². The predicted octanol–water partition coefficient (Wildman–Crippen LogP) is 1.85. The summed E-state index contributed by atoms with van der Waals surface area (Å²) in [6, 6.07) is 5.86. The zero-order valence-electron chi connectivity index (χ0n) is 8.44. The lowest BCUT2D eigenvalue weighted by atomic mass is 10.2. The van der Waals surface area contributed by atoms with Crippen molar-refractivity contribution < 1.29 is 9.90 Å². The molecule has 0 atom stereocenters. The molecule has 1 fully saturated rings. The number of carboxylic acid groups (broad SMARTS) is 1. The van der Waals surface area contributed by atoms with Gasteiger partial charge in [0, 0.05) is 18.2 Å². The van der Waals surface area contributed by atoms with Crippen molar-refractivity contribution in [1.82, 2.24) is 4.98 Å². The molecule has 0 spiro atoms. The minimum absolute atomic E-state index is 0.120. The van der Waals surface area contributed by atoms with Gasteiger partial charge in [0.1, 0.15) is 5.82 Å². The monoisotopic (exact) mass is 206 g/mol. The van der Waals surface area contributed by atoms with Gasteiger partial charge in [-0.25, -0.2) is 4.98 Å². The molecular weight excluding hydrogens is 192 g/mol. The second kappa shape index (κ2) is 4.29. The van der Waals surface area contributed by atoms with E-state index in [1.54, 1.807) is 0 Å². The molecule has 0 aliphatic heterocycles. The molecule has 15 heavy (non-hydrogen) atoms. The van der Waals surface area contributed by atoms with Gasteiger partial charge in [0.15, 0.2) is 0 Å². The quantitative estimate of drug-likeness (QED) is 0.771. The molecule has 4 heteroatoms. The number of carboxylic acids is 1. The molecular formula is C11H14N2O2. The molecule has 1 aliphatic carbocycles. The molecule has 0 bridgehead atoms. The highest BCUT2D eigenvalue weighted by Gasteiger charge is 2.24. The Morgan fingerprint density at radius 1 is 1.53 bits per heavy atom. The van der Waals surface area contributed by atoms with Crippen LogP contribution in [0.25, 0.3) is 0 Å². The minimum atomic E-state index is -0.791. The van der Waals surface area contributed by atoms with Gasteiger partial charge in [-0.1, -0.05) is 6.07 Å². The summed E-state index contributed by atoms with van der Waals surface area (Å²) in [6.07, 6.45) is 2.58. The molecule has 0 amide bonds. The maximum Gasteiger partial charge on any atom is 0.305 e. The number of hydrogen-bond acceptors (Lipinski definition) is 3. The Kier molecular flexibility index (Phi) is 2.85. The van der Waals surface area contributed by atoms with Gasteiger partial charge in [0.05, 0.1) is 6.42 Å². The van der Waals surface area contributed by atoms with E-state index in [0.29, 0.717) is 12.5 Å². The third-order valence-corrected chi connectivity index (χ3v) is 2.41. The summed E-state index contributed by atoms with van der Waals surface area (Å²) in [6.45, 7) is 0.427. The maximum atomic E-state index is 10.3. The molecule has 0 unspecified atom stereocenters. The molecule has 1 heterocycles. The maximum absolute atomic E-state index is 10.3. The molecule has 4 nitrogen and oxygen atoms in total. The van der Waals surface area contributed by atoms with Crippen molar-refractivity contribution >= 4 is 11.8 Å². The van der Waals surface area contributed by atoms with E-state index in [2.05, 4.69) is 10.3 Å². The van der Waals surface area contributed by atoms with Gasteiger partial charge in [-0.2, -0.15) is 0 Å². The Labute approximate surface area is 88.3 Å². The van der Waals surface area contributed by atoms with Crippen LogP contribution in [0.5, 0.6) is 0 Å². The molecule has 2 N–H and O–H groups in total. The molecule has 1 aromatic heterocycles. The summed E-state index contributed by atoms with van der Waals surface area (Å²) in [4.78, 5) is 14.7. The number of aliphatic carboxylic acids is 1. The van der Waals surface area contributed by atoms with Crippen LogP contribution in [-0.4, -0.2) is 22.6 Å². The van der Waals surface area contributed by atoms with Gasteiger partial charge < -0.3 is 10.4 Å². The van der Waals surface area contributed by atoms with E-state index in [9.17, 15) is 4.79 Å². The summed E-state index contributed by atoms with van der Waals surface area (Å²) in [5.74, 6) is 0.618. The lowest BCUT2D eigenvalue weighted by Gasteiger charge is -2.05. The fourth-order valence-corrected chi connectivity index (χ4v) is 1.45. The Morgan fingerprint density at radius 3 is 3.00 bits per heavy atom.